The van der Waals surface area contributed by atoms with Gasteiger partial charge in [-0.3, -0.25) is 14.5 Å². The number of carbonyl (C=O) groups excluding carboxylic acids is 3. The quantitative estimate of drug-likeness (QED) is 0.724. The van der Waals surface area contributed by atoms with E-state index in [1.165, 1.54) is 4.90 Å². The minimum Gasteiger partial charge on any atom is -0.311 e. The van der Waals surface area contributed by atoms with Crippen molar-refractivity contribution in [1.29, 1.82) is 0 Å². The summed E-state index contributed by atoms with van der Waals surface area (Å²) in [5, 5.41) is 0.554. The van der Waals surface area contributed by atoms with Crippen LogP contribution in [-0.2, 0) is 21.0 Å². The van der Waals surface area contributed by atoms with E-state index in [1.54, 1.807) is 12.1 Å². The average molecular weight is 411 g/mol. The molecule has 2 aliphatic rings. The molecule has 0 aliphatic carbocycles. The van der Waals surface area contributed by atoms with E-state index in [0.29, 0.717) is 43.4 Å². The number of hydrogen-bond donors (Lipinski definition) is 0. The summed E-state index contributed by atoms with van der Waals surface area (Å²) >= 11 is 0. The highest BCUT2D eigenvalue weighted by molar-refractivity contribution is 6.01. The van der Waals surface area contributed by atoms with Crippen molar-refractivity contribution in [2.45, 2.75) is 19.4 Å². The molecule has 0 unspecified atom stereocenters. The number of halogens is 1. The van der Waals surface area contributed by atoms with Gasteiger partial charge in [0.1, 0.15) is 5.82 Å². The largest absolute Gasteiger partial charge is 0.434 e. The van der Waals surface area contributed by atoms with E-state index in [2.05, 4.69) is 4.90 Å². The van der Waals surface area contributed by atoms with Gasteiger partial charge in [-0.25, -0.2) is 9.18 Å². The fourth-order valence-corrected chi connectivity index (χ4v) is 3.61. The minimum atomic E-state index is -0.711. The summed E-state index contributed by atoms with van der Waals surface area (Å²) in [7, 11) is 0. The Kier molecular flexibility index (Phi) is 5.76. The predicted octanol–water partition coefficient (Wildman–Crippen LogP) is 2.81. The van der Waals surface area contributed by atoms with Gasteiger partial charge in [-0.1, -0.05) is 42.5 Å². The zero-order valence-corrected chi connectivity index (χ0v) is 16.4. The molecule has 2 aromatic rings. The van der Waals surface area contributed by atoms with E-state index >= 15 is 0 Å². The van der Waals surface area contributed by atoms with Crippen molar-refractivity contribution in [1.82, 2.24) is 14.9 Å². The van der Waals surface area contributed by atoms with E-state index in [4.69, 9.17) is 4.84 Å². The third-order valence-corrected chi connectivity index (χ3v) is 5.36. The topological polar surface area (TPSA) is 70.2 Å². The summed E-state index contributed by atoms with van der Waals surface area (Å²) in [4.78, 5) is 43.8. The lowest BCUT2D eigenvalue weighted by molar-refractivity contribution is -0.174. The van der Waals surface area contributed by atoms with E-state index < -0.39 is 17.9 Å². The zero-order valence-electron chi connectivity index (χ0n) is 16.4. The maximum atomic E-state index is 14.6. The van der Waals surface area contributed by atoms with Gasteiger partial charge in [-0.15, -0.1) is 5.06 Å². The molecular weight excluding hydrogens is 389 g/mol. The molecule has 156 valence electrons. The first-order valence-corrected chi connectivity index (χ1v) is 9.90. The Morgan fingerprint density at radius 2 is 1.57 bits per heavy atom. The molecule has 2 saturated heterocycles. The minimum absolute atomic E-state index is 0.0640. The number of amides is 3. The van der Waals surface area contributed by atoms with Crippen LogP contribution in [0.5, 0.6) is 0 Å². The standard InChI is InChI=1S/C22H22FN3O4/c23-19-14-17(16-4-2-1-3-5-16)6-7-18(19)15-24-10-12-25(13-11-24)22(29)30-26-20(27)8-9-21(26)28/h1-7,14H,8-13,15H2. The number of hydrogen-bond acceptors (Lipinski definition) is 5. The molecule has 0 bridgehead atoms. The van der Waals surface area contributed by atoms with Gasteiger partial charge in [-0.05, 0) is 17.2 Å². The third-order valence-electron chi connectivity index (χ3n) is 5.36. The van der Waals surface area contributed by atoms with Crippen LogP contribution in [0.3, 0.4) is 0 Å². The molecule has 0 spiro atoms. The van der Waals surface area contributed by atoms with Crippen LogP contribution in [0.2, 0.25) is 0 Å². The first kappa shape index (κ1) is 20.0. The highest BCUT2D eigenvalue weighted by Crippen LogP contribution is 2.23. The fourth-order valence-electron chi connectivity index (χ4n) is 3.61. The molecular formula is C22H22FN3O4. The van der Waals surface area contributed by atoms with Gasteiger partial charge in [-0.2, -0.15) is 0 Å². The molecule has 2 aromatic carbocycles. The van der Waals surface area contributed by atoms with Gasteiger partial charge >= 0.3 is 6.09 Å². The van der Waals surface area contributed by atoms with Crippen LogP contribution < -0.4 is 0 Å². The van der Waals surface area contributed by atoms with E-state index in [1.807, 2.05) is 36.4 Å². The SMILES string of the molecule is O=C(ON1C(=O)CCC1=O)N1CCN(Cc2ccc(-c3ccccc3)cc2F)CC1. The summed E-state index contributed by atoms with van der Waals surface area (Å²) in [6.45, 7) is 2.26. The second-order valence-corrected chi connectivity index (χ2v) is 7.37. The van der Waals surface area contributed by atoms with Crippen molar-refractivity contribution in [3.8, 4) is 11.1 Å². The van der Waals surface area contributed by atoms with Gasteiger partial charge in [0.05, 0.1) is 0 Å². The van der Waals surface area contributed by atoms with Crippen LogP contribution in [-0.4, -0.2) is 58.9 Å². The summed E-state index contributed by atoms with van der Waals surface area (Å²) in [5.74, 6) is -1.26. The molecule has 2 heterocycles. The van der Waals surface area contributed by atoms with Crippen molar-refractivity contribution in [2.75, 3.05) is 26.2 Å². The smallest absolute Gasteiger partial charge is 0.311 e. The Balaban J connectivity index is 1.31. The molecule has 7 nitrogen and oxygen atoms in total. The van der Waals surface area contributed by atoms with Gasteiger partial charge in [0.25, 0.3) is 11.8 Å². The third kappa shape index (κ3) is 4.33. The Hall–Kier alpha value is -3.26. The van der Waals surface area contributed by atoms with Gasteiger partial charge in [0, 0.05) is 51.1 Å². The Labute approximate surface area is 173 Å². The summed E-state index contributed by atoms with van der Waals surface area (Å²) < 4.78 is 14.6. The number of carbonyl (C=O) groups is 3. The molecule has 0 atom stereocenters. The summed E-state index contributed by atoms with van der Waals surface area (Å²) in [6, 6.07) is 14.9. The normalized spacial score (nSPS) is 17.5. The highest BCUT2D eigenvalue weighted by Gasteiger charge is 2.34. The second-order valence-electron chi connectivity index (χ2n) is 7.37. The molecule has 0 N–H and O–H groups in total. The van der Waals surface area contributed by atoms with E-state index in [9.17, 15) is 18.8 Å². The van der Waals surface area contributed by atoms with Crippen LogP contribution in [0.1, 0.15) is 18.4 Å². The van der Waals surface area contributed by atoms with Gasteiger partial charge < -0.3 is 9.74 Å². The molecule has 8 heteroatoms. The fraction of sp³-hybridized carbons (Fsp3) is 0.318. The lowest BCUT2D eigenvalue weighted by Crippen LogP contribution is -2.50. The van der Waals surface area contributed by atoms with Gasteiger partial charge in [0.2, 0.25) is 0 Å². The first-order valence-electron chi connectivity index (χ1n) is 9.90. The number of piperazine rings is 1. The number of nitrogens with zero attached hydrogens (tertiary/aromatic N) is 3. The van der Waals surface area contributed by atoms with Crippen molar-refractivity contribution in [3.05, 3.63) is 59.9 Å². The second kappa shape index (κ2) is 8.62. The molecule has 0 aromatic heterocycles. The van der Waals surface area contributed by atoms with Crippen molar-refractivity contribution >= 4 is 17.9 Å². The maximum Gasteiger partial charge on any atom is 0.434 e. The van der Waals surface area contributed by atoms with E-state index in [-0.39, 0.29) is 18.7 Å². The van der Waals surface area contributed by atoms with Crippen LogP contribution in [0.25, 0.3) is 11.1 Å². The van der Waals surface area contributed by atoms with E-state index in [0.717, 1.165) is 11.1 Å². The maximum absolute atomic E-state index is 14.6. The molecule has 2 fully saturated rings. The molecule has 3 amide bonds. The number of hydroxylamine groups is 2. The molecule has 0 saturated carbocycles. The molecule has 4 rings (SSSR count). The van der Waals surface area contributed by atoms with Gasteiger partial charge in [0.15, 0.2) is 0 Å². The first-order chi connectivity index (χ1) is 14.5. The Bertz CT molecular complexity index is 942. The summed E-state index contributed by atoms with van der Waals surface area (Å²) in [5.41, 5.74) is 2.39. The average Bonchev–Trinajstić information content (AvgIpc) is 3.08. The van der Waals surface area contributed by atoms with Crippen molar-refractivity contribution in [2.24, 2.45) is 0 Å². The monoisotopic (exact) mass is 411 g/mol. The van der Waals surface area contributed by atoms with Crippen LogP contribution in [0.4, 0.5) is 9.18 Å². The number of rotatable bonds is 4. The van der Waals surface area contributed by atoms with Crippen LogP contribution in [0.15, 0.2) is 48.5 Å². The molecule has 0 radical (unpaired) electrons. The van der Waals surface area contributed by atoms with Crippen LogP contribution >= 0.6 is 0 Å². The summed E-state index contributed by atoms with van der Waals surface area (Å²) in [6.07, 6.45) is -0.583. The predicted molar refractivity (Wildman–Crippen MR) is 106 cm³/mol. The lowest BCUT2D eigenvalue weighted by Gasteiger charge is -2.34. The molecule has 2 aliphatic heterocycles. The highest BCUT2D eigenvalue weighted by atomic mass is 19.1. The Morgan fingerprint density at radius 3 is 2.20 bits per heavy atom. The zero-order chi connectivity index (χ0) is 21.1. The van der Waals surface area contributed by atoms with Crippen molar-refractivity contribution < 1.29 is 23.6 Å². The molecule has 30 heavy (non-hydrogen) atoms. The lowest BCUT2D eigenvalue weighted by atomic mass is 10.0. The number of benzene rings is 2. The Morgan fingerprint density at radius 1 is 0.900 bits per heavy atom. The number of imide groups is 1. The van der Waals surface area contributed by atoms with Crippen molar-refractivity contribution in [3.63, 3.8) is 0 Å². The van der Waals surface area contributed by atoms with Crippen LogP contribution in [0, 0.1) is 5.82 Å².